The largest absolute Gasteiger partial charge is 0.460 e. The molecule has 0 aliphatic carbocycles. The normalized spacial score (nSPS) is 13.7. The van der Waals surface area contributed by atoms with Crippen LogP contribution in [-0.4, -0.2) is 48.0 Å². The summed E-state index contributed by atoms with van der Waals surface area (Å²) in [6.07, 6.45) is 1.49. The fourth-order valence-electron chi connectivity index (χ4n) is 2.43. The van der Waals surface area contributed by atoms with Gasteiger partial charge in [-0.3, -0.25) is 14.4 Å². The molecule has 0 N–H and O–H groups in total. The van der Waals surface area contributed by atoms with Crippen LogP contribution in [0.3, 0.4) is 0 Å². The maximum absolute atomic E-state index is 12.2. The molecule has 122 valence electrons. The van der Waals surface area contributed by atoms with Gasteiger partial charge in [0, 0.05) is 24.2 Å². The van der Waals surface area contributed by atoms with Gasteiger partial charge in [0.2, 0.25) is 5.78 Å². The highest BCUT2D eigenvalue weighted by molar-refractivity contribution is 6.38. The number of ketones is 2. The first kappa shape index (κ1) is 16.9. The lowest BCUT2D eigenvalue weighted by Gasteiger charge is -2.15. The third-order valence-corrected chi connectivity index (χ3v) is 3.67. The maximum atomic E-state index is 12.2. The molecule has 1 amide bonds. The van der Waals surface area contributed by atoms with Gasteiger partial charge < -0.3 is 9.64 Å². The first-order valence-electron chi connectivity index (χ1n) is 7.65. The van der Waals surface area contributed by atoms with Crippen molar-refractivity contribution >= 4 is 23.4 Å². The summed E-state index contributed by atoms with van der Waals surface area (Å²) in [7, 11) is 0. The summed E-state index contributed by atoms with van der Waals surface area (Å²) >= 11 is 0. The molecule has 0 radical (unpaired) electrons. The molecule has 1 aliphatic rings. The monoisotopic (exact) mass is 317 g/mol. The molecule has 0 saturated carbocycles. The van der Waals surface area contributed by atoms with Crippen molar-refractivity contribution in [3.63, 3.8) is 0 Å². The van der Waals surface area contributed by atoms with E-state index in [4.69, 9.17) is 0 Å². The van der Waals surface area contributed by atoms with Gasteiger partial charge in [-0.15, -0.1) is 0 Å². The minimum absolute atomic E-state index is 0.0518. The lowest BCUT2D eigenvalue weighted by molar-refractivity contribution is -0.153. The molecule has 2 rings (SSSR count). The molecule has 0 aromatic heterocycles. The fourth-order valence-corrected chi connectivity index (χ4v) is 2.43. The highest BCUT2D eigenvalue weighted by atomic mass is 16.5. The quantitative estimate of drug-likeness (QED) is 0.345. The minimum Gasteiger partial charge on any atom is -0.460 e. The predicted octanol–water partition coefficient (Wildman–Crippen LogP) is 1.63. The van der Waals surface area contributed by atoms with Gasteiger partial charge in [0.1, 0.15) is 0 Å². The third kappa shape index (κ3) is 4.25. The number of amides is 1. The van der Waals surface area contributed by atoms with Gasteiger partial charge in [-0.1, -0.05) is 12.1 Å². The second-order valence-electron chi connectivity index (χ2n) is 5.32. The van der Waals surface area contributed by atoms with Crippen molar-refractivity contribution in [3.8, 4) is 0 Å². The summed E-state index contributed by atoms with van der Waals surface area (Å²) in [4.78, 5) is 48.7. The molecule has 1 aromatic rings. The number of carbonyl (C=O) groups is 4. The molecule has 6 nitrogen and oxygen atoms in total. The van der Waals surface area contributed by atoms with Gasteiger partial charge >= 0.3 is 5.97 Å². The van der Waals surface area contributed by atoms with Crippen molar-refractivity contribution < 1.29 is 23.9 Å². The van der Waals surface area contributed by atoms with E-state index in [-0.39, 0.29) is 12.5 Å². The van der Waals surface area contributed by atoms with Crippen LogP contribution in [0.25, 0.3) is 0 Å². The number of esters is 1. The standard InChI is InChI=1S/C17H19NO5/c1-2-23-17(22)15(20)11-14(19)12-5-7-13(8-6-12)16(21)18-9-3-4-10-18/h5-8H,2-4,9-11H2,1H3. The highest BCUT2D eigenvalue weighted by Gasteiger charge is 2.22. The lowest BCUT2D eigenvalue weighted by Crippen LogP contribution is -2.27. The average Bonchev–Trinajstić information content (AvgIpc) is 3.09. The van der Waals surface area contributed by atoms with Crippen LogP contribution >= 0.6 is 0 Å². The molecule has 1 fully saturated rings. The van der Waals surface area contributed by atoms with Crippen LogP contribution in [0, 0.1) is 0 Å². The van der Waals surface area contributed by atoms with E-state index in [1.807, 2.05) is 0 Å². The molecule has 0 bridgehead atoms. The van der Waals surface area contributed by atoms with Crippen LogP contribution < -0.4 is 0 Å². The van der Waals surface area contributed by atoms with E-state index < -0.39 is 24.0 Å². The number of likely N-dealkylation sites (tertiary alicyclic amines) is 1. The van der Waals surface area contributed by atoms with Crippen molar-refractivity contribution in [2.24, 2.45) is 0 Å². The second kappa shape index (κ2) is 7.67. The summed E-state index contributed by atoms with van der Waals surface area (Å²) in [5.74, 6) is -2.39. The number of hydrogen-bond donors (Lipinski definition) is 0. The molecule has 0 unspecified atom stereocenters. The minimum atomic E-state index is -0.998. The molecule has 1 heterocycles. The Kier molecular flexibility index (Phi) is 5.62. The molecule has 1 saturated heterocycles. The van der Waals surface area contributed by atoms with Gasteiger partial charge in [-0.2, -0.15) is 0 Å². The lowest BCUT2D eigenvalue weighted by atomic mass is 10.0. The first-order chi connectivity index (χ1) is 11.0. The smallest absolute Gasteiger partial charge is 0.375 e. The van der Waals surface area contributed by atoms with Crippen molar-refractivity contribution in [2.75, 3.05) is 19.7 Å². The van der Waals surface area contributed by atoms with Gasteiger partial charge in [0.25, 0.3) is 5.91 Å². The average molecular weight is 317 g/mol. The second-order valence-corrected chi connectivity index (χ2v) is 5.32. The third-order valence-electron chi connectivity index (χ3n) is 3.67. The van der Waals surface area contributed by atoms with E-state index >= 15 is 0 Å². The zero-order chi connectivity index (χ0) is 16.8. The Balaban J connectivity index is 1.98. The molecule has 0 atom stereocenters. The van der Waals surface area contributed by atoms with Crippen LogP contribution in [0.1, 0.15) is 46.9 Å². The van der Waals surface area contributed by atoms with Crippen molar-refractivity contribution in [3.05, 3.63) is 35.4 Å². The summed E-state index contributed by atoms with van der Waals surface area (Å²) < 4.78 is 4.56. The van der Waals surface area contributed by atoms with E-state index in [0.717, 1.165) is 25.9 Å². The van der Waals surface area contributed by atoms with Gasteiger partial charge in [-0.05, 0) is 31.9 Å². The first-order valence-corrected chi connectivity index (χ1v) is 7.65. The van der Waals surface area contributed by atoms with E-state index in [0.29, 0.717) is 11.1 Å². The fraction of sp³-hybridized carbons (Fsp3) is 0.412. The van der Waals surface area contributed by atoms with E-state index in [9.17, 15) is 19.2 Å². The molecule has 0 spiro atoms. The Labute approximate surface area is 134 Å². The van der Waals surface area contributed by atoms with Crippen molar-refractivity contribution in [1.82, 2.24) is 4.90 Å². The van der Waals surface area contributed by atoms with E-state index in [1.54, 1.807) is 24.0 Å². The van der Waals surface area contributed by atoms with Gasteiger partial charge in [-0.25, -0.2) is 4.79 Å². The molecule has 23 heavy (non-hydrogen) atoms. The molecular formula is C17H19NO5. The Morgan fingerprint density at radius 2 is 1.57 bits per heavy atom. The van der Waals surface area contributed by atoms with Crippen molar-refractivity contribution in [2.45, 2.75) is 26.2 Å². The number of nitrogens with zero attached hydrogens (tertiary/aromatic N) is 1. The molecule has 6 heteroatoms. The van der Waals surface area contributed by atoms with Crippen molar-refractivity contribution in [1.29, 1.82) is 0 Å². The highest BCUT2D eigenvalue weighted by Crippen LogP contribution is 2.14. The molecule has 1 aromatic carbocycles. The Hall–Kier alpha value is -2.50. The summed E-state index contributed by atoms with van der Waals surface area (Å²) in [6.45, 7) is 3.19. The number of Topliss-reactive ketones (excluding diaryl/α,β-unsaturated/α-hetero) is 2. The summed E-state index contributed by atoms with van der Waals surface area (Å²) in [5, 5.41) is 0. The predicted molar refractivity (Wildman–Crippen MR) is 82.2 cm³/mol. The summed E-state index contributed by atoms with van der Waals surface area (Å²) in [6, 6.07) is 6.15. The zero-order valence-corrected chi connectivity index (χ0v) is 13.0. The zero-order valence-electron chi connectivity index (χ0n) is 13.0. The van der Waals surface area contributed by atoms with E-state index in [1.165, 1.54) is 12.1 Å². The molecule has 1 aliphatic heterocycles. The number of ether oxygens (including phenoxy) is 1. The number of carbonyl (C=O) groups excluding carboxylic acids is 4. The van der Waals surface area contributed by atoms with Crippen LogP contribution in [-0.2, 0) is 14.3 Å². The van der Waals surface area contributed by atoms with Crippen LogP contribution in [0.2, 0.25) is 0 Å². The Bertz CT molecular complexity index is 614. The number of rotatable bonds is 6. The number of benzene rings is 1. The Morgan fingerprint density at radius 3 is 2.13 bits per heavy atom. The van der Waals surface area contributed by atoms with Crippen LogP contribution in [0.15, 0.2) is 24.3 Å². The van der Waals surface area contributed by atoms with Crippen LogP contribution in [0.4, 0.5) is 0 Å². The summed E-state index contributed by atoms with van der Waals surface area (Å²) in [5.41, 5.74) is 0.806. The van der Waals surface area contributed by atoms with Gasteiger partial charge in [0.15, 0.2) is 5.78 Å². The number of hydrogen-bond acceptors (Lipinski definition) is 5. The van der Waals surface area contributed by atoms with E-state index in [2.05, 4.69) is 4.74 Å². The Morgan fingerprint density at radius 1 is 1.00 bits per heavy atom. The molecular weight excluding hydrogens is 298 g/mol. The van der Waals surface area contributed by atoms with Gasteiger partial charge in [0.05, 0.1) is 13.0 Å². The maximum Gasteiger partial charge on any atom is 0.375 e. The topological polar surface area (TPSA) is 80.8 Å². The van der Waals surface area contributed by atoms with Crippen LogP contribution in [0.5, 0.6) is 0 Å². The SMILES string of the molecule is CCOC(=O)C(=O)CC(=O)c1ccc(C(=O)N2CCCC2)cc1.